The number of nitrogens with one attached hydrogen (secondary N) is 1. The van der Waals surface area contributed by atoms with Crippen LogP contribution in [0.5, 0.6) is 0 Å². The number of nitrogens with two attached hydrogens (primary N) is 1. The number of rotatable bonds is 5. The first-order chi connectivity index (χ1) is 9.10. The summed E-state index contributed by atoms with van der Waals surface area (Å²) in [6.07, 6.45) is 2.67. The Bertz CT molecular complexity index is 536. The average molecular weight is 293 g/mol. The second-order valence-corrected chi connectivity index (χ2v) is 4.98. The van der Waals surface area contributed by atoms with Gasteiger partial charge in [-0.25, -0.2) is 4.79 Å². The lowest BCUT2D eigenvalue weighted by molar-refractivity contribution is 0.0601. The molecule has 0 saturated heterocycles. The molecule has 0 radical (unpaired) electrons. The molecule has 5 nitrogen and oxygen atoms in total. The summed E-state index contributed by atoms with van der Waals surface area (Å²) in [6, 6.07) is 7.21. The van der Waals surface area contributed by atoms with Crippen molar-refractivity contribution in [3.8, 4) is 6.07 Å². The Kier molecular flexibility index (Phi) is 5.28. The normalized spacial score (nSPS) is 14.6. The number of hydrogen-bond donors (Lipinski definition) is 2. The van der Waals surface area contributed by atoms with E-state index < -0.39 is 0 Å². The van der Waals surface area contributed by atoms with Gasteiger partial charge in [0.1, 0.15) is 0 Å². The van der Waals surface area contributed by atoms with Gasteiger partial charge in [-0.1, -0.05) is 0 Å². The second kappa shape index (κ2) is 6.53. The number of anilines is 2. The van der Waals surface area contributed by atoms with Gasteiger partial charge in [0.25, 0.3) is 0 Å². The lowest BCUT2D eigenvalue weighted by atomic mass is 10.0. The van der Waals surface area contributed by atoms with E-state index in [9.17, 15) is 4.79 Å². The Morgan fingerprint density at radius 3 is 2.80 bits per heavy atom. The number of benzene rings is 1. The van der Waals surface area contributed by atoms with E-state index in [1.807, 2.05) is 0 Å². The lowest BCUT2D eigenvalue weighted by Crippen LogP contribution is -2.16. The number of esters is 1. The van der Waals surface area contributed by atoms with Gasteiger partial charge in [0, 0.05) is 18.4 Å². The van der Waals surface area contributed by atoms with Crippen LogP contribution in [-0.4, -0.2) is 19.6 Å². The van der Waals surface area contributed by atoms with Crippen LogP contribution >= 0.6 is 13.5 Å². The number of nitrogens with zero attached hydrogens (tertiary/aromatic N) is 1. The minimum absolute atomic E-state index is 0. The summed E-state index contributed by atoms with van der Waals surface area (Å²) in [5.74, 6) is -0.388. The van der Waals surface area contributed by atoms with Gasteiger partial charge >= 0.3 is 5.97 Å². The first kappa shape index (κ1) is 16.2. The average Bonchev–Trinajstić information content (AvgIpc) is 3.17. The Balaban J connectivity index is 0.00000200. The van der Waals surface area contributed by atoms with Crippen LogP contribution in [0.15, 0.2) is 18.2 Å². The Hall–Kier alpha value is -1.87. The Morgan fingerprint density at radius 2 is 2.25 bits per heavy atom. The SMILES string of the molecule is COC(=O)c1ccc(N)c(NCC2(CC#N)CC2)c1.S. The first-order valence-electron chi connectivity index (χ1n) is 6.19. The van der Waals surface area contributed by atoms with Crippen molar-refractivity contribution in [2.75, 3.05) is 24.7 Å². The van der Waals surface area contributed by atoms with E-state index >= 15 is 0 Å². The van der Waals surface area contributed by atoms with Crippen LogP contribution in [0.3, 0.4) is 0 Å². The third kappa shape index (κ3) is 3.58. The van der Waals surface area contributed by atoms with Gasteiger partial charge in [0.05, 0.1) is 30.1 Å². The lowest BCUT2D eigenvalue weighted by Gasteiger charge is -2.15. The molecule has 0 atom stereocenters. The topological polar surface area (TPSA) is 88.1 Å². The zero-order valence-electron chi connectivity index (χ0n) is 11.4. The summed E-state index contributed by atoms with van der Waals surface area (Å²) in [7, 11) is 1.35. The number of nitrogen functional groups attached to an aromatic ring is 1. The zero-order valence-corrected chi connectivity index (χ0v) is 12.4. The second-order valence-electron chi connectivity index (χ2n) is 4.98. The van der Waals surface area contributed by atoms with Crippen LogP contribution in [-0.2, 0) is 4.74 Å². The maximum Gasteiger partial charge on any atom is 0.337 e. The fourth-order valence-electron chi connectivity index (χ4n) is 2.00. The fourth-order valence-corrected chi connectivity index (χ4v) is 2.00. The molecule has 0 aromatic heterocycles. The molecule has 1 aromatic rings. The summed E-state index contributed by atoms with van der Waals surface area (Å²) < 4.78 is 4.68. The molecule has 2 rings (SSSR count). The number of hydrogen-bond acceptors (Lipinski definition) is 5. The van der Waals surface area contributed by atoms with Crippen LogP contribution in [0.25, 0.3) is 0 Å². The Labute approximate surface area is 125 Å². The molecule has 1 aromatic carbocycles. The van der Waals surface area contributed by atoms with Gasteiger partial charge < -0.3 is 15.8 Å². The third-order valence-electron chi connectivity index (χ3n) is 3.54. The van der Waals surface area contributed by atoms with Crippen LogP contribution in [0, 0.1) is 16.7 Å². The molecule has 1 saturated carbocycles. The van der Waals surface area contributed by atoms with Crippen LogP contribution in [0.2, 0.25) is 0 Å². The van der Waals surface area contributed by atoms with Crippen molar-refractivity contribution in [3.05, 3.63) is 23.8 Å². The highest BCUT2D eigenvalue weighted by Gasteiger charge is 2.42. The number of carbonyl (C=O) groups excluding carboxylic acids is 1. The summed E-state index contributed by atoms with van der Waals surface area (Å²) >= 11 is 0. The van der Waals surface area contributed by atoms with E-state index in [0.29, 0.717) is 29.9 Å². The minimum Gasteiger partial charge on any atom is -0.465 e. The predicted molar refractivity (Wildman–Crippen MR) is 83.0 cm³/mol. The third-order valence-corrected chi connectivity index (χ3v) is 3.54. The van der Waals surface area contributed by atoms with E-state index in [2.05, 4.69) is 16.1 Å². The quantitative estimate of drug-likeness (QED) is 0.642. The van der Waals surface area contributed by atoms with Crippen LogP contribution < -0.4 is 11.1 Å². The monoisotopic (exact) mass is 293 g/mol. The summed E-state index contributed by atoms with van der Waals surface area (Å²) in [5, 5.41) is 12.0. The molecule has 20 heavy (non-hydrogen) atoms. The van der Waals surface area contributed by atoms with Gasteiger partial charge in [-0.2, -0.15) is 18.8 Å². The highest BCUT2D eigenvalue weighted by atomic mass is 32.1. The highest BCUT2D eigenvalue weighted by Crippen LogP contribution is 2.48. The van der Waals surface area contributed by atoms with Crippen molar-refractivity contribution >= 4 is 30.8 Å². The van der Waals surface area contributed by atoms with E-state index in [1.54, 1.807) is 18.2 Å². The molecule has 0 unspecified atom stereocenters. The molecule has 0 amide bonds. The Morgan fingerprint density at radius 1 is 1.55 bits per heavy atom. The van der Waals surface area contributed by atoms with Gasteiger partial charge in [0.15, 0.2) is 0 Å². The maximum atomic E-state index is 11.5. The maximum absolute atomic E-state index is 11.5. The van der Waals surface area contributed by atoms with Crippen molar-refractivity contribution in [1.29, 1.82) is 5.26 Å². The highest BCUT2D eigenvalue weighted by molar-refractivity contribution is 7.59. The molecule has 108 valence electrons. The van der Waals surface area contributed by atoms with E-state index in [1.165, 1.54) is 7.11 Å². The van der Waals surface area contributed by atoms with Crippen LogP contribution in [0.4, 0.5) is 11.4 Å². The molecule has 6 heteroatoms. The van der Waals surface area contributed by atoms with Gasteiger partial charge in [-0.3, -0.25) is 0 Å². The van der Waals surface area contributed by atoms with Gasteiger partial charge in [-0.05, 0) is 31.0 Å². The summed E-state index contributed by atoms with van der Waals surface area (Å²) in [4.78, 5) is 11.5. The molecular formula is C14H19N3O2S. The van der Waals surface area contributed by atoms with Gasteiger partial charge in [-0.15, -0.1) is 0 Å². The fraction of sp³-hybridized carbons (Fsp3) is 0.429. The summed E-state index contributed by atoms with van der Waals surface area (Å²) in [6.45, 7) is 0.704. The molecule has 0 spiro atoms. The molecule has 0 aliphatic heterocycles. The molecular weight excluding hydrogens is 274 g/mol. The number of ether oxygens (including phenoxy) is 1. The molecule has 1 aliphatic carbocycles. The predicted octanol–water partition coefficient (Wildman–Crippen LogP) is 2.27. The number of carbonyl (C=O) groups is 1. The minimum atomic E-state index is -0.388. The van der Waals surface area contributed by atoms with Crippen molar-refractivity contribution in [2.45, 2.75) is 19.3 Å². The molecule has 1 fully saturated rings. The van der Waals surface area contributed by atoms with E-state index in [0.717, 1.165) is 12.8 Å². The molecule has 0 heterocycles. The van der Waals surface area contributed by atoms with Crippen molar-refractivity contribution in [1.82, 2.24) is 0 Å². The van der Waals surface area contributed by atoms with Crippen molar-refractivity contribution in [2.24, 2.45) is 5.41 Å². The largest absolute Gasteiger partial charge is 0.465 e. The van der Waals surface area contributed by atoms with E-state index in [4.69, 9.17) is 11.0 Å². The van der Waals surface area contributed by atoms with Crippen molar-refractivity contribution < 1.29 is 9.53 Å². The number of methoxy groups -OCH3 is 1. The van der Waals surface area contributed by atoms with E-state index in [-0.39, 0.29) is 24.9 Å². The van der Waals surface area contributed by atoms with Crippen LogP contribution in [0.1, 0.15) is 29.6 Å². The molecule has 3 N–H and O–H groups in total. The smallest absolute Gasteiger partial charge is 0.337 e. The molecule has 0 bridgehead atoms. The number of nitriles is 1. The standard InChI is InChI=1S/C14H17N3O2.H2S/c1-19-13(18)10-2-3-11(16)12(8-10)17-9-14(4-5-14)6-7-15;/h2-3,8,17H,4-6,9,16H2,1H3;1H2. The molecule has 1 aliphatic rings. The zero-order chi connectivity index (χ0) is 13.9. The van der Waals surface area contributed by atoms with Crippen molar-refractivity contribution in [3.63, 3.8) is 0 Å². The summed E-state index contributed by atoms with van der Waals surface area (Å²) in [5.41, 5.74) is 7.72. The first-order valence-corrected chi connectivity index (χ1v) is 6.19. The van der Waals surface area contributed by atoms with Gasteiger partial charge in [0.2, 0.25) is 0 Å².